The molecule has 0 unspecified atom stereocenters. The van der Waals surface area contributed by atoms with Gasteiger partial charge in [0.1, 0.15) is 0 Å². The van der Waals surface area contributed by atoms with Crippen LogP contribution in [0.25, 0.3) is 0 Å². The van der Waals surface area contributed by atoms with Crippen LogP contribution in [0.1, 0.15) is 20.3 Å². The van der Waals surface area contributed by atoms with Crippen LogP contribution < -0.4 is 0 Å². The highest BCUT2D eigenvalue weighted by Crippen LogP contribution is 2.59. The van der Waals surface area contributed by atoms with E-state index < -0.39 is 6.80 Å². The Bertz CT molecular complexity index is 408. The number of hydrogen-bond donors (Lipinski definition) is 0. The van der Waals surface area contributed by atoms with Gasteiger partial charge >= 0.3 is 6.80 Å². The first-order chi connectivity index (χ1) is 10.8. The normalized spacial score (nSPS) is 17.4. The molecular formula is C14H28NO5PS2. The van der Waals surface area contributed by atoms with Crippen LogP contribution in [0.5, 0.6) is 0 Å². The van der Waals surface area contributed by atoms with Crippen LogP contribution in [-0.4, -0.2) is 68.6 Å². The Hall–Kier alpha value is 0.440. The lowest BCUT2D eigenvalue weighted by Crippen LogP contribution is -2.39. The van der Waals surface area contributed by atoms with Gasteiger partial charge in [0.05, 0.1) is 13.2 Å². The number of carbonyl (C=O) groups excluding carboxylic acids is 1. The largest absolute Gasteiger partial charge is 0.388 e. The molecule has 1 aliphatic rings. The Morgan fingerprint density at radius 3 is 2.39 bits per heavy atom. The van der Waals surface area contributed by atoms with Crippen molar-refractivity contribution in [2.24, 2.45) is 5.41 Å². The summed E-state index contributed by atoms with van der Waals surface area (Å²) >= 11 is 2.42. The molecule has 0 bridgehead atoms. The Morgan fingerprint density at radius 2 is 1.83 bits per heavy atom. The summed E-state index contributed by atoms with van der Waals surface area (Å²) in [6, 6.07) is 0. The third-order valence-corrected chi connectivity index (χ3v) is 9.19. The molecule has 0 spiro atoms. The minimum atomic E-state index is -3.04. The second kappa shape index (κ2) is 10.4. The molecule has 1 heterocycles. The first-order valence-corrected chi connectivity index (χ1v) is 11.8. The molecule has 0 N–H and O–H groups in total. The first kappa shape index (κ1) is 21.5. The summed E-state index contributed by atoms with van der Waals surface area (Å²) in [6.45, 7) is 5.30. The van der Waals surface area contributed by atoms with Gasteiger partial charge in [-0.25, -0.2) is 4.57 Å². The van der Waals surface area contributed by atoms with E-state index in [9.17, 15) is 9.36 Å². The molecule has 9 heteroatoms. The monoisotopic (exact) mass is 385 g/mol. The van der Waals surface area contributed by atoms with E-state index in [0.717, 1.165) is 50.7 Å². The first-order valence-electron chi connectivity index (χ1n) is 7.66. The van der Waals surface area contributed by atoms with E-state index in [1.165, 1.54) is 26.0 Å². The summed E-state index contributed by atoms with van der Waals surface area (Å²) in [5.74, 6) is 1.15. The van der Waals surface area contributed by atoms with Gasteiger partial charge < -0.3 is 13.8 Å². The van der Waals surface area contributed by atoms with Gasteiger partial charge in [-0.05, 0) is 24.3 Å². The zero-order valence-electron chi connectivity index (χ0n) is 14.4. The van der Waals surface area contributed by atoms with Crippen molar-refractivity contribution >= 4 is 35.1 Å². The molecule has 0 radical (unpaired) electrons. The fourth-order valence-electron chi connectivity index (χ4n) is 2.02. The molecule has 0 aliphatic carbocycles. The van der Waals surface area contributed by atoms with Crippen molar-refractivity contribution in [2.75, 3.05) is 58.6 Å². The van der Waals surface area contributed by atoms with E-state index in [2.05, 4.69) is 4.90 Å². The average molecular weight is 385 g/mol. The average Bonchev–Trinajstić information content (AvgIpc) is 2.57. The van der Waals surface area contributed by atoms with E-state index in [4.69, 9.17) is 13.8 Å². The van der Waals surface area contributed by atoms with E-state index in [-0.39, 0.29) is 10.5 Å². The zero-order valence-corrected chi connectivity index (χ0v) is 16.9. The number of morpholine rings is 1. The van der Waals surface area contributed by atoms with Gasteiger partial charge in [0, 0.05) is 44.2 Å². The molecule has 0 atom stereocenters. The molecule has 6 nitrogen and oxygen atoms in total. The highest BCUT2D eigenvalue weighted by Gasteiger charge is 2.29. The highest BCUT2D eigenvalue weighted by atomic mass is 32.7. The molecule has 0 saturated carbocycles. The van der Waals surface area contributed by atoms with Gasteiger partial charge in [0.15, 0.2) is 5.12 Å². The molecule has 0 amide bonds. The Labute approximate surface area is 147 Å². The van der Waals surface area contributed by atoms with Gasteiger partial charge in [-0.15, -0.1) is 0 Å². The summed E-state index contributed by atoms with van der Waals surface area (Å²) in [5, 5.41) is 0.177. The zero-order chi connectivity index (χ0) is 17.3. The number of ether oxygens (including phenoxy) is 1. The minimum Gasteiger partial charge on any atom is -0.379 e. The van der Waals surface area contributed by atoms with Gasteiger partial charge in [-0.1, -0.05) is 25.6 Å². The summed E-state index contributed by atoms with van der Waals surface area (Å²) in [5.41, 5.74) is -0.361. The lowest BCUT2D eigenvalue weighted by Gasteiger charge is -2.30. The lowest BCUT2D eigenvalue weighted by atomic mass is 9.91. The Balaban J connectivity index is 2.27. The molecule has 23 heavy (non-hydrogen) atoms. The summed E-state index contributed by atoms with van der Waals surface area (Å²) in [7, 11) is 2.73. The number of nitrogens with zero attached hydrogens (tertiary/aromatic N) is 1. The van der Waals surface area contributed by atoms with Crippen LogP contribution in [0.3, 0.4) is 0 Å². The smallest absolute Gasteiger partial charge is 0.379 e. The summed E-state index contributed by atoms with van der Waals surface area (Å²) in [6.07, 6.45) is 0.834. The maximum absolute atomic E-state index is 12.4. The highest BCUT2D eigenvalue weighted by molar-refractivity contribution is 8.55. The molecule has 1 rings (SSSR count). The van der Waals surface area contributed by atoms with Gasteiger partial charge in [0.2, 0.25) is 0 Å². The van der Waals surface area contributed by atoms with Crippen LogP contribution in [0.4, 0.5) is 0 Å². The molecular weight excluding hydrogens is 357 g/mol. The fourth-order valence-corrected chi connectivity index (χ4v) is 5.89. The van der Waals surface area contributed by atoms with E-state index >= 15 is 0 Å². The van der Waals surface area contributed by atoms with Crippen molar-refractivity contribution in [3.63, 3.8) is 0 Å². The second-order valence-electron chi connectivity index (χ2n) is 5.87. The number of thioether (sulfide) groups is 1. The summed E-state index contributed by atoms with van der Waals surface area (Å²) < 4.78 is 26.9. The minimum absolute atomic E-state index is 0.177. The fraction of sp³-hybridized carbons (Fsp3) is 0.929. The molecule has 136 valence electrons. The lowest BCUT2D eigenvalue weighted by molar-refractivity contribution is -0.118. The Kier molecular flexibility index (Phi) is 9.75. The third-order valence-electron chi connectivity index (χ3n) is 3.72. The van der Waals surface area contributed by atoms with Crippen molar-refractivity contribution in [1.29, 1.82) is 0 Å². The van der Waals surface area contributed by atoms with Gasteiger partial charge in [-0.3, -0.25) is 9.69 Å². The second-order valence-corrected chi connectivity index (χ2v) is 11.3. The van der Waals surface area contributed by atoms with Crippen molar-refractivity contribution < 1.29 is 23.1 Å². The van der Waals surface area contributed by atoms with Crippen molar-refractivity contribution in [2.45, 2.75) is 20.3 Å². The topological polar surface area (TPSA) is 65.1 Å². The van der Waals surface area contributed by atoms with E-state index in [1.54, 1.807) is 0 Å². The molecule has 0 aromatic rings. The molecule has 1 aliphatic heterocycles. The van der Waals surface area contributed by atoms with Crippen molar-refractivity contribution in [3.8, 4) is 0 Å². The van der Waals surface area contributed by atoms with Crippen LogP contribution in [-0.2, 0) is 23.1 Å². The van der Waals surface area contributed by atoms with E-state index in [0.29, 0.717) is 11.5 Å². The maximum atomic E-state index is 12.4. The molecule has 1 saturated heterocycles. The number of hydrogen-bond acceptors (Lipinski definition) is 8. The number of carbonyl (C=O) groups is 1. The van der Waals surface area contributed by atoms with Crippen LogP contribution in [0.15, 0.2) is 0 Å². The molecule has 0 aromatic heterocycles. The van der Waals surface area contributed by atoms with E-state index in [1.807, 2.05) is 13.8 Å². The van der Waals surface area contributed by atoms with Crippen LogP contribution >= 0.6 is 29.9 Å². The summed E-state index contributed by atoms with van der Waals surface area (Å²) in [4.78, 5) is 14.7. The van der Waals surface area contributed by atoms with Gasteiger partial charge in [-0.2, -0.15) is 0 Å². The standard InChI is InChI=1S/C14H28NO5PS2/c1-14(2,5-6-15-7-9-20-10-8-15)13(16)22-11-12-23-21(17,18-3)19-4/h5-12H2,1-4H3. The van der Waals surface area contributed by atoms with Crippen molar-refractivity contribution in [1.82, 2.24) is 4.90 Å². The predicted molar refractivity (Wildman–Crippen MR) is 97.2 cm³/mol. The van der Waals surface area contributed by atoms with Crippen molar-refractivity contribution in [3.05, 3.63) is 0 Å². The third kappa shape index (κ3) is 7.90. The SMILES string of the molecule is COP(=O)(OC)SCCSC(=O)C(C)(C)CCN1CCOCC1. The maximum Gasteiger partial charge on any atom is 0.388 e. The number of rotatable bonds is 10. The van der Waals surface area contributed by atoms with Crippen LogP contribution in [0, 0.1) is 5.41 Å². The molecule has 1 fully saturated rings. The predicted octanol–water partition coefficient (Wildman–Crippen LogP) is 3.13. The molecule has 0 aromatic carbocycles. The van der Waals surface area contributed by atoms with Crippen LogP contribution in [0.2, 0.25) is 0 Å². The van der Waals surface area contributed by atoms with Gasteiger partial charge in [0.25, 0.3) is 0 Å². The Morgan fingerprint density at radius 1 is 1.22 bits per heavy atom. The quantitative estimate of drug-likeness (QED) is 0.420.